The summed E-state index contributed by atoms with van der Waals surface area (Å²) in [6.45, 7) is 1.96. The molecule has 2 rings (SSSR count). The summed E-state index contributed by atoms with van der Waals surface area (Å²) in [5.74, 6) is -1.28. The lowest BCUT2D eigenvalue weighted by Crippen LogP contribution is -2.25. The minimum absolute atomic E-state index is 0.332. The minimum Gasteiger partial charge on any atom is -0.481 e. The van der Waals surface area contributed by atoms with Gasteiger partial charge < -0.3 is 5.11 Å². The second kappa shape index (κ2) is 6.74. The van der Waals surface area contributed by atoms with E-state index in [2.05, 4.69) is 25.6 Å². The second-order valence-corrected chi connectivity index (χ2v) is 4.64. The third kappa shape index (κ3) is 3.37. The number of aromatic amines is 1. The van der Waals surface area contributed by atoms with Gasteiger partial charge in [-0.2, -0.15) is 5.21 Å². The monoisotopic (exact) mass is 275 g/mol. The van der Waals surface area contributed by atoms with Crippen molar-refractivity contribution in [1.29, 1.82) is 0 Å². The van der Waals surface area contributed by atoms with Crippen LogP contribution in [-0.2, 0) is 11.2 Å². The Morgan fingerprint density at radius 3 is 2.85 bits per heavy atom. The summed E-state index contributed by atoms with van der Waals surface area (Å²) in [7, 11) is 0. The number of pyridine rings is 1. The van der Waals surface area contributed by atoms with E-state index in [1.165, 1.54) is 0 Å². The fraction of sp³-hybridized carbons (Fsp3) is 0.462. The lowest BCUT2D eigenvalue weighted by molar-refractivity contribution is -0.143. The quantitative estimate of drug-likeness (QED) is 0.791. The molecule has 2 atom stereocenters. The number of rotatable bonds is 7. The van der Waals surface area contributed by atoms with Crippen LogP contribution in [0, 0.1) is 5.92 Å². The molecule has 0 fully saturated rings. The zero-order chi connectivity index (χ0) is 14.4. The molecule has 20 heavy (non-hydrogen) atoms. The van der Waals surface area contributed by atoms with Gasteiger partial charge in [0.25, 0.3) is 0 Å². The normalized spacial score (nSPS) is 13.8. The van der Waals surface area contributed by atoms with Gasteiger partial charge in [0.1, 0.15) is 0 Å². The van der Waals surface area contributed by atoms with E-state index in [-0.39, 0.29) is 5.92 Å². The van der Waals surface area contributed by atoms with Crippen molar-refractivity contribution in [3.05, 3.63) is 35.9 Å². The molecule has 0 aliphatic carbocycles. The molecule has 0 bridgehead atoms. The van der Waals surface area contributed by atoms with Crippen molar-refractivity contribution >= 4 is 5.97 Å². The number of hydrogen-bond donors (Lipinski definition) is 2. The number of nitrogens with zero attached hydrogens (tertiary/aromatic N) is 4. The van der Waals surface area contributed by atoms with Gasteiger partial charge in [-0.05, 0) is 18.6 Å². The first-order valence-corrected chi connectivity index (χ1v) is 6.58. The maximum atomic E-state index is 11.5. The van der Waals surface area contributed by atoms with Gasteiger partial charge in [-0.25, -0.2) is 0 Å². The van der Waals surface area contributed by atoms with Crippen LogP contribution in [0.15, 0.2) is 24.4 Å². The zero-order valence-corrected chi connectivity index (χ0v) is 11.2. The summed E-state index contributed by atoms with van der Waals surface area (Å²) in [6, 6.07) is 5.58. The Morgan fingerprint density at radius 2 is 2.30 bits per heavy atom. The van der Waals surface area contributed by atoms with Crippen LogP contribution in [0.1, 0.15) is 37.2 Å². The fourth-order valence-corrected chi connectivity index (χ4v) is 2.29. The number of H-pyrrole nitrogens is 1. The molecule has 0 aliphatic rings. The molecule has 7 heteroatoms. The highest BCUT2D eigenvalue weighted by molar-refractivity contribution is 5.71. The third-order valence-electron chi connectivity index (χ3n) is 3.25. The average Bonchev–Trinajstić information content (AvgIpc) is 2.97. The molecule has 106 valence electrons. The number of tetrazole rings is 1. The Kier molecular flexibility index (Phi) is 4.75. The van der Waals surface area contributed by atoms with Gasteiger partial charge in [0.05, 0.1) is 5.92 Å². The van der Waals surface area contributed by atoms with Gasteiger partial charge in [0.2, 0.25) is 0 Å². The maximum absolute atomic E-state index is 11.5. The standard InChI is InChI=1S/C13H17N5O2/c1-2-5-10(13(19)20)11(12-15-17-18-16-12)8-9-6-3-4-7-14-9/h3-4,6-7,10-11H,2,5,8H2,1H3,(H,19,20)(H,15,16,17,18). The lowest BCUT2D eigenvalue weighted by atomic mass is 9.84. The van der Waals surface area contributed by atoms with Crippen molar-refractivity contribution in [3.63, 3.8) is 0 Å². The number of carboxylic acid groups (broad SMARTS) is 1. The topological polar surface area (TPSA) is 105 Å². The van der Waals surface area contributed by atoms with E-state index >= 15 is 0 Å². The second-order valence-electron chi connectivity index (χ2n) is 4.64. The van der Waals surface area contributed by atoms with Gasteiger partial charge in [0.15, 0.2) is 5.82 Å². The average molecular weight is 275 g/mol. The number of nitrogens with one attached hydrogen (secondary N) is 1. The van der Waals surface area contributed by atoms with E-state index in [0.29, 0.717) is 18.7 Å². The predicted octanol–water partition coefficient (Wildman–Crippen LogP) is 1.42. The number of hydrogen-bond acceptors (Lipinski definition) is 5. The Balaban J connectivity index is 2.27. The van der Waals surface area contributed by atoms with Crippen LogP contribution in [0.25, 0.3) is 0 Å². The summed E-state index contributed by atoms with van der Waals surface area (Å²) in [4.78, 5) is 15.8. The van der Waals surface area contributed by atoms with E-state index in [1.807, 2.05) is 25.1 Å². The van der Waals surface area contributed by atoms with Crippen LogP contribution in [0.2, 0.25) is 0 Å². The predicted molar refractivity (Wildman–Crippen MR) is 70.9 cm³/mol. The number of aromatic nitrogens is 5. The molecule has 0 aromatic carbocycles. The Hall–Kier alpha value is -2.31. The van der Waals surface area contributed by atoms with Crippen molar-refractivity contribution in [3.8, 4) is 0 Å². The van der Waals surface area contributed by atoms with E-state index in [0.717, 1.165) is 12.1 Å². The van der Waals surface area contributed by atoms with Crippen LogP contribution < -0.4 is 0 Å². The first-order chi connectivity index (χ1) is 9.72. The largest absolute Gasteiger partial charge is 0.481 e. The summed E-state index contributed by atoms with van der Waals surface area (Å²) in [6.07, 6.45) is 3.53. The Morgan fingerprint density at radius 1 is 1.45 bits per heavy atom. The molecular formula is C13H17N5O2. The fourth-order valence-electron chi connectivity index (χ4n) is 2.29. The van der Waals surface area contributed by atoms with Crippen LogP contribution >= 0.6 is 0 Å². The zero-order valence-electron chi connectivity index (χ0n) is 11.2. The minimum atomic E-state index is -0.836. The molecule has 2 unspecified atom stereocenters. The van der Waals surface area contributed by atoms with Crippen molar-refractivity contribution in [2.24, 2.45) is 5.92 Å². The molecule has 2 N–H and O–H groups in total. The van der Waals surface area contributed by atoms with Crippen LogP contribution in [0.5, 0.6) is 0 Å². The van der Waals surface area contributed by atoms with Gasteiger partial charge in [-0.1, -0.05) is 24.6 Å². The third-order valence-corrected chi connectivity index (χ3v) is 3.25. The molecule has 2 aromatic rings. The van der Waals surface area contributed by atoms with Crippen molar-refractivity contribution in [2.75, 3.05) is 0 Å². The molecule has 0 saturated carbocycles. The van der Waals surface area contributed by atoms with Crippen LogP contribution in [-0.4, -0.2) is 36.7 Å². The Labute approximate surface area is 116 Å². The maximum Gasteiger partial charge on any atom is 0.307 e. The van der Waals surface area contributed by atoms with Gasteiger partial charge in [0, 0.05) is 24.2 Å². The van der Waals surface area contributed by atoms with E-state index in [9.17, 15) is 9.90 Å². The molecule has 0 saturated heterocycles. The van der Waals surface area contributed by atoms with Crippen molar-refractivity contribution in [2.45, 2.75) is 32.1 Å². The van der Waals surface area contributed by atoms with Crippen molar-refractivity contribution < 1.29 is 9.90 Å². The Bertz CT molecular complexity index is 529. The SMILES string of the molecule is CCCC(C(=O)O)C(Cc1ccccn1)c1nn[nH]n1. The first-order valence-electron chi connectivity index (χ1n) is 6.58. The first kappa shape index (κ1) is 14.1. The van der Waals surface area contributed by atoms with Crippen LogP contribution in [0.3, 0.4) is 0 Å². The summed E-state index contributed by atoms with van der Waals surface area (Å²) in [5.41, 5.74) is 0.824. The molecule has 0 amide bonds. The van der Waals surface area contributed by atoms with Gasteiger partial charge >= 0.3 is 5.97 Å². The van der Waals surface area contributed by atoms with Crippen LogP contribution in [0.4, 0.5) is 0 Å². The molecule has 0 aliphatic heterocycles. The summed E-state index contributed by atoms with van der Waals surface area (Å²) >= 11 is 0. The summed E-state index contributed by atoms with van der Waals surface area (Å²) in [5, 5.41) is 23.3. The number of aliphatic carboxylic acids is 1. The van der Waals surface area contributed by atoms with Crippen molar-refractivity contribution in [1.82, 2.24) is 25.6 Å². The van der Waals surface area contributed by atoms with Gasteiger partial charge in [-0.15, -0.1) is 10.2 Å². The van der Waals surface area contributed by atoms with E-state index in [1.54, 1.807) is 6.20 Å². The smallest absolute Gasteiger partial charge is 0.307 e. The molecule has 0 radical (unpaired) electrons. The highest BCUT2D eigenvalue weighted by atomic mass is 16.4. The van der Waals surface area contributed by atoms with E-state index < -0.39 is 11.9 Å². The number of carbonyl (C=O) groups is 1. The highest BCUT2D eigenvalue weighted by Crippen LogP contribution is 2.29. The highest BCUT2D eigenvalue weighted by Gasteiger charge is 2.32. The molecule has 0 spiro atoms. The molecular weight excluding hydrogens is 258 g/mol. The molecule has 2 aromatic heterocycles. The number of carboxylic acids is 1. The molecule has 2 heterocycles. The van der Waals surface area contributed by atoms with Gasteiger partial charge in [-0.3, -0.25) is 9.78 Å². The summed E-state index contributed by atoms with van der Waals surface area (Å²) < 4.78 is 0. The van der Waals surface area contributed by atoms with E-state index in [4.69, 9.17) is 0 Å². The lowest BCUT2D eigenvalue weighted by Gasteiger charge is -2.20. The molecule has 7 nitrogen and oxygen atoms in total.